The molecule has 0 saturated carbocycles. The van der Waals surface area contributed by atoms with Crippen LogP contribution in [0.4, 0.5) is 11.5 Å². The number of carbonyl (C=O) groups excluding carboxylic acids is 1. The van der Waals surface area contributed by atoms with Crippen molar-refractivity contribution in [2.45, 2.75) is 13.0 Å². The van der Waals surface area contributed by atoms with Crippen LogP contribution in [0, 0.1) is 0 Å². The fourth-order valence-electron chi connectivity index (χ4n) is 1.79. The molecule has 98 valence electrons. The minimum atomic E-state index is -0.500. The lowest BCUT2D eigenvalue weighted by molar-refractivity contribution is 0.100. The van der Waals surface area contributed by atoms with E-state index >= 15 is 0 Å². The first-order valence-corrected chi connectivity index (χ1v) is 5.94. The maximum atomic E-state index is 11.3. The van der Waals surface area contributed by atoms with E-state index in [9.17, 15) is 4.79 Å². The molecule has 1 heterocycles. The molecule has 0 fully saturated rings. The SMILES string of the molecule is CC(Nc1ncccc1C(N)=O)c1ccc(N)cc1. The quantitative estimate of drug-likeness (QED) is 0.728. The minimum absolute atomic E-state index is 0.00593. The average molecular weight is 256 g/mol. The molecule has 1 amide bonds. The summed E-state index contributed by atoms with van der Waals surface area (Å²) in [6, 6.07) is 10.8. The van der Waals surface area contributed by atoms with Crippen molar-refractivity contribution in [1.82, 2.24) is 4.98 Å². The molecule has 2 rings (SSSR count). The molecule has 5 N–H and O–H groups in total. The highest BCUT2D eigenvalue weighted by atomic mass is 16.1. The van der Waals surface area contributed by atoms with E-state index in [0.717, 1.165) is 5.56 Å². The third-order valence-corrected chi connectivity index (χ3v) is 2.86. The van der Waals surface area contributed by atoms with Crippen LogP contribution in [-0.4, -0.2) is 10.9 Å². The zero-order valence-electron chi connectivity index (χ0n) is 10.6. The van der Waals surface area contributed by atoms with Crippen molar-refractivity contribution in [2.24, 2.45) is 5.73 Å². The van der Waals surface area contributed by atoms with Crippen molar-refractivity contribution < 1.29 is 4.79 Å². The molecule has 0 spiro atoms. The normalized spacial score (nSPS) is 11.8. The highest BCUT2D eigenvalue weighted by molar-refractivity contribution is 5.97. The van der Waals surface area contributed by atoms with Gasteiger partial charge in [0.2, 0.25) is 0 Å². The summed E-state index contributed by atoms with van der Waals surface area (Å²) in [6.45, 7) is 1.98. The van der Waals surface area contributed by atoms with Crippen LogP contribution in [0.3, 0.4) is 0 Å². The second kappa shape index (κ2) is 5.39. The molecule has 0 saturated heterocycles. The van der Waals surface area contributed by atoms with Crippen LogP contribution in [0.5, 0.6) is 0 Å². The molecular weight excluding hydrogens is 240 g/mol. The van der Waals surface area contributed by atoms with Crippen LogP contribution in [0.1, 0.15) is 28.9 Å². The summed E-state index contributed by atoms with van der Waals surface area (Å²) in [5, 5.41) is 3.17. The van der Waals surface area contributed by atoms with Gasteiger partial charge in [-0.05, 0) is 36.8 Å². The molecule has 1 atom stereocenters. The Morgan fingerprint density at radius 3 is 2.58 bits per heavy atom. The summed E-state index contributed by atoms with van der Waals surface area (Å²) in [7, 11) is 0. The van der Waals surface area contributed by atoms with E-state index in [1.54, 1.807) is 18.3 Å². The van der Waals surface area contributed by atoms with Gasteiger partial charge in [0, 0.05) is 17.9 Å². The molecule has 1 aromatic carbocycles. The van der Waals surface area contributed by atoms with Crippen molar-refractivity contribution >= 4 is 17.4 Å². The number of nitrogen functional groups attached to an aromatic ring is 1. The molecule has 5 nitrogen and oxygen atoms in total. The van der Waals surface area contributed by atoms with Gasteiger partial charge in [0.25, 0.3) is 5.91 Å². The van der Waals surface area contributed by atoms with Crippen LogP contribution in [0.15, 0.2) is 42.6 Å². The Morgan fingerprint density at radius 1 is 1.26 bits per heavy atom. The fourth-order valence-corrected chi connectivity index (χ4v) is 1.79. The molecule has 5 heteroatoms. The summed E-state index contributed by atoms with van der Waals surface area (Å²) in [5.74, 6) is -0.0144. The van der Waals surface area contributed by atoms with Gasteiger partial charge in [0.05, 0.1) is 5.56 Å². The zero-order valence-corrected chi connectivity index (χ0v) is 10.6. The molecule has 0 bridgehead atoms. The molecular formula is C14H16N4O. The van der Waals surface area contributed by atoms with Gasteiger partial charge in [-0.1, -0.05) is 12.1 Å². The van der Waals surface area contributed by atoms with Gasteiger partial charge in [-0.2, -0.15) is 0 Å². The lowest BCUT2D eigenvalue weighted by Gasteiger charge is -2.16. The first kappa shape index (κ1) is 12.9. The smallest absolute Gasteiger partial charge is 0.252 e. The largest absolute Gasteiger partial charge is 0.399 e. The van der Waals surface area contributed by atoms with Gasteiger partial charge in [-0.25, -0.2) is 4.98 Å². The van der Waals surface area contributed by atoms with Gasteiger partial charge in [-0.3, -0.25) is 4.79 Å². The van der Waals surface area contributed by atoms with E-state index < -0.39 is 5.91 Å². The van der Waals surface area contributed by atoms with Crippen molar-refractivity contribution in [3.8, 4) is 0 Å². The maximum absolute atomic E-state index is 11.3. The fraction of sp³-hybridized carbons (Fsp3) is 0.143. The number of aromatic nitrogens is 1. The summed E-state index contributed by atoms with van der Waals surface area (Å²) in [6.07, 6.45) is 1.62. The van der Waals surface area contributed by atoms with Gasteiger partial charge in [-0.15, -0.1) is 0 Å². The standard InChI is InChI=1S/C14H16N4O/c1-9(10-4-6-11(15)7-5-10)18-14-12(13(16)19)3-2-8-17-14/h2-9H,15H2,1H3,(H2,16,19)(H,17,18). The Bertz CT molecular complexity index is 580. The Morgan fingerprint density at radius 2 is 1.95 bits per heavy atom. The molecule has 0 aliphatic rings. The molecule has 0 aliphatic carbocycles. The number of rotatable bonds is 4. The third-order valence-electron chi connectivity index (χ3n) is 2.86. The van der Waals surface area contributed by atoms with Crippen molar-refractivity contribution in [3.05, 3.63) is 53.7 Å². The number of primary amides is 1. The molecule has 2 aromatic rings. The zero-order chi connectivity index (χ0) is 13.8. The van der Waals surface area contributed by atoms with E-state index in [-0.39, 0.29) is 6.04 Å². The number of hydrogen-bond acceptors (Lipinski definition) is 4. The Kier molecular flexibility index (Phi) is 3.66. The second-order valence-electron chi connectivity index (χ2n) is 4.30. The van der Waals surface area contributed by atoms with Gasteiger partial charge >= 0.3 is 0 Å². The lowest BCUT2D eigenvalue weighted by atomic mass is 10.1. The number of benzene rings is 1. The lowest BCUT2D eigenvalue weighted by Crippen LogP contribution is -2.17. The van der Waals surface area contributed by atoms with Gasteiger partial charge in [0.15, 0.2) is 0 Å². The van der Waals surface area contributed by atoms with E-state index in [1.165, 1.54) is 0 Å². The van der Waals surface area contributed by atoms with Gasteiger partial charge < -0.3 is 16.8 Å². The molecule has 1 unspecified atom stereocenters. The van der Waals surface area contributed by atoms with Crippen molar-refractivity contribution in [3.63, 3.8) is 0 Å². The van der Waals surface area contributed by atoms with Crippen molar-refractivity contribution in [2.75, 3.05) is 11.1 Å². The van der Waals surface area contributed by atoms with Crippen LogP contribution >= 0.6 is 0 Å². The maximum Gasteiger partial charge on any atom is 0.252 e. The first-order chi connectivity index (χ1) is 9.08. The molecule has 0 radical (unpaired) electrons. The number of carbonyl (C=O) groups is 1. The summed E-state index contributed by atoms with van der Waals surface area (Å²) in [4.78, 5) is 15.5. The van der Waals surface area contributed by atoms with E-state index in [1.807, 2.05) is 31.2 Å². The number of anilines is 2. The molecule has 1 aromatic heterocycles. The summed E-state index contributed by atoms with van der Waals surface area (Å²) in [5.41, 5.74) is 13.1. The van der Waals surface area contributed by atoms with Crippen LogP contribution in [-0.2, 0) is 0 Å². The minimum Gasteiger partial charge on any atom is -0.399 e. The second-order valence-corrected chi connectivity index (χ2v) is 4.30. The van der Waals surface area contributed by atoms with Crippen LogP contribution in [0.2, 0.25) is 0 Å². The summed E-state index contributed by atoms with van der Waals surface area (Å²) >= 11 is 0. The topological polar surface area (TPSA) is 94.0 Å². The Hall–Kier alpha value is -2.56. The average Bonchev–Trinajstić information content (AvgIpc) is 2.39. The van der Waals surface area contributed by atoms with Crippen molar-refractivity contribution in [1.29, 1.82) is 0 Å². The third kappa shape index (κ3) is 3.01. The summed E-state index contributed by atoms with van der Waals surface area (Å²) < 4.78 is 0. The van der Waals surface area contributed by atoms with E-state index in [4.69, 9.17) is 11.5 Å². The van der Waals surface area contributed by atoms with Crippen LogP contribution < -0.4 is 16.8 Å². The Balaban J connectivity index is 2.21. The van der Waals surface area contributed by atoms with Gasteiger partial charge in [0.1, 0.15) is 5.82 Å². The predicted molar refractivity (Wildman–Crippen MR) is 75.6 cm³/mol. The molecule has 0 aliphatic heterocycles. The predicted octanol–water partition coefficient (Wildman–Crippen LogP) is 1.94. The van der Waals surface area contributed by atoms with Crippen LogP contribution in [0.25, 0.3) is 0 Å². The highest BCUT2D eigenvalue weighted by Gasteiger charge is 2.12. The number of nitrogens with zero attached hydrogens (tertiary/aromatic N) is 1. The first-order valence-electron chi connectivity index (χ1n) is 5.94. The number of nitrogens with two attached hydrogens (primary N) is 2. The number of hydrogen-bond donors (Lipinski definition) is 3. The highest BCUT2D eigenvalue weighted by Crippen LogP contribution is 2.21. The molecule has 19 heavy (non-hydrogen) atoms. The number of nitrogens with one attached hydrogen (secondary N) is 1. The monoisotopic (exact) mass is 256 g/mol. The number of amides is 1. The number of pyridine rings is 1. The van der Waals surface area contributed by atoms with E-state index in [2.05, 4.69) is 10.3 Å². The van der Waals surface area contributed by atoms with E-state index in [0.29, 0.717) is 17.1 Å². The Labute approximate surface area is 111 Å².